The molecule has 142 valence electrons. The molecule has 1 amide bonds. The predicted octanol–water partition coefficient (Wildman–Crippen LogP) is 3.22. The normalized spacial score (nSPS) is 22.9. The molecule has 4 rings (SSSR count). The summed E-state index contributed by atoms with van der Waals surface area (Å²) in [4.78, 5) is 21.5. The van der Waals surface area contributed by atoms with E-state index in [9.17, 15) is 4.79 Å². The molecular weight excluding hydrogens is 338 g/mol. The summed E-state index contributed by atoms with van der Waals surface area (Å²) in [6, 6.07) is 13.9. The Morgan fingerprint density at radius 3 is 2.89 bits per heavy atom. The first-order chi connectivity index (χ1) is 13.2. The fourth-order valence-corrected chi connectivity index (χ4v) is 4.57. The standard InChI is InChI=1S/C22H27N3O2/c1-27-19-7-4-6-18(14-19)15-24-12-5-9-22(16-24)10-13-25(17-22)21(26)20-8-2-3-11-23-20/h2-4,6-8,11,14H,5,9-10,12-13,15-17H2,1H3/t22-/m0/s1. The topological polar surface area (TPSA) is 45.7 Å². The lowest BCUT2D eigenvalue weighted by molar-refractivity contribution is 0.0671. The van der Waals surface area contributed by atoms with Crippen molar-refractivity contribution in [3.8, 4) is 5.75 Å². The monoisotopic (exact) mass is 365 g/mol. The number of hydrogen-bond acceptors (Lipinski definition) is 4. The Balaban J connectivity index is 1.41. The van der Waals surface area contributed by atoms with E-state index < -0.39 is 0 Å². The van der Waals surface area contributed by atoms with Crippen molar-refractivity contribution >= 4 is 5.91 Å². The summed E-state index contributed by atoms with van der Waals surface area (Å²) in [5, 5.41) is 0. The highest BCUT2D eigenvalue weighted by molar-refractivity contribution is 5.92. The number of aromatic nitrogens is 1. The van der Waals surface area contributed by atoms with Crippen LogP contribution in [-0.2, 0) is 6.54 Å². The second-order valence-corrected chi connectivity index (χ2v) is 7.86. The fraction of sp³-hybridized carbons (Fsp3) is 0.455. The van der Waals surface area contributed by atoms with Crippen LogP contribution in [-0.4, -0.2) is 54.0 Å². The second-order valence-electron chi connectivity index (χ2n) is 7.86. The van der Waals surface area contributed by atoms with Gasteiger partial charge in [0.15, 0.2) is 0 Å². The summed E-state index contributed by atoms with van der Waals surface area (Å²) in [6.07, 6.45) is 5.17. The summed E-state index contributed by atoms with van der Waals surface area (Å²) in [6.45, 7) is 4.79. The molecule has 2 fully saturated rings. The average molecular weight is 365 g/mol. The number of piperidine rings is 1. The number of carbonyl (C=O) groups is 1. The zero-order valence-corrected chi connectivity index (χ0v) is 15.9. The maximum Gasteiger partial charge on any atom is 0.272 e. The molecule has 5 nitrogen and oxygen atoms in total. The molecule has 1 aromatic carbocycles. The Labute approximate surface area is 161 Å². The minimum atomic E-state index is 0.0670. The second kappa shape index (κ2) is 7.69. The Morgan fingerprint density at radius 2 is 2.07 bits per heavy atom. The third-order valence-corrected chi connectivity index (χ3v) is 5.89. The van der Waals surface area contributed by atoms with Gasteiger partial charge in [-0.15, -0.1) is 0 Å². The third-order valence-electron chi connectivity index (χ3n) is 5.89. The van der Waals surface area contributed by atoms with Crippen molar-refractivity contribution in [2.24, 2.45) is 5.41 Å². The van der Waals surface area contributed by atoms with Crippen LogP contribution in [0, 0.1) is 5.41 Å². The van der Waals surface area contributed by atoms with Gasteiger partial charge in [-0.3, -0.25) is 14.7 Å². The molecule has 0 bridgehead atoms. The van der Waals surface area contributed by atoms with Crippen LogP contribution in [0.3, 0.4) is 0 Å². The fourth-order valence-electron chi connectivity index (χ4n) is 4.57. The molecule has 0 aliphatic carbocycles. The lowest BCUT2D eigenvalue weighted by Crippen LogP contribution is -2.45. The number of ether oxygens (including phenoxy) is 1. The first-order valence-corrected chi connectivity index (χ1v) is 9.73. The number of benzene rings is 1. The minimum Gasteiger partial charge on any atom is -0.497 e. The van der Waals surface area contributed by atoms with Gasteiger partial charge in [-0.25, -0.2) is 0 Å². The van der Waals surface area contributed by atoms with E-state index >= 15 is 0 Å². The summed E-state index contributed by atoms with van der Waals surface area (Å²) >= 11 is 0. The number of nitrogens with zero attached hydrogens (tertiary/aromatic N) is 3. The van der Waals surface area contributed by atoms with Gasteiger partial charge in [-0.1, -0.05) is 18.2 Å². The molecule has 27 heavy (non-hydrogen) atoms. The smallest absolute Gasteiger partial charge is 0.272 e. The van der Waals surface area contributed by atoms with Crippen LogP contribution in [0.5, 0.6) is 5.75 Å². The van der Waals surface area contributed by atoms with Gasteiger partial charge in [0.25, 0.3) is 5.91 Å². The van der Waals surface area contributed by atoms with Gasteiger partial charge in [-0.05, 0) is 55.6 Å². The first-order valence-electron chi connectivity index (χ1n) is 9.73. The molecule has 2 aromatic rings. The Morgan fingerprint density at radius 1 is 1.15 bits per heavy atom. The summed E-state index contributed by atoms with van der Waals surface area (Å²) < 4.78 is 5.35. The average Bonchev–Trinajstić information content (AvgIpc) is 3.11. The zero-order valence-electron chi connectivity index (χ0n) is 15.9. The molecule has 0 N–H and O–H groups in total. The van der Waals surface area contributed by atoms with Crippen LogP contribution in [0.1, 0.15) is 35.3 Å². The van der Waals surface area contributed by atoms with Crippen molar-refractivity contribution in [1.29, 1.82) is 0 Å². The van der Waals surface area contributed by atoms with Crippen LogP contribution >= 0.6 is 0 Å². The van der Waals surface area contributed by atoms with Gasteiger partial charge in [0.2, 0.25) is 0 Å². The SMILES string of the molecule is COc1cccc(CN2CCC[C@]3(CCN(C(=O)c4ccccn4)C3)C2)c1. The van der Waals surface area contributed by atoms with Crippen LogP contribution in [0.4, 0.5) is 0 Å². The Bertz CT molecular complexity index is 795. The highest BCUT2D eigenvalue weighted by Gasteiger charge is 2.43. The number of pyridine rings is 1. The van der Waals surface area contributed by atoms with Crippen LogP contribution in [0.15, 0.2) is 48.7 Å². The van der Waals surface area contributed by atoms with E-state index in [1.54, 1.807) is 13.3 Å². The molecule has 1 aromatic heterocycles. The molecule has 1 spiro atoms. The molecule has 2 aliphatic rings. The van der Waals surface area contributed by atoms with Crippen molar-refractivity contribution in [1.82, 2.24) is 14.8 Å². The van der Waals surface area contributed by atoms with E-state index in [0.29, 0.717) is 5.69 Å². The lowest BCUT2D eigenvalue weighted by Gasteiger charge is -2.40. The van der Waals surface area contributed by atoms with E-state index in [2.05, 4.69) is 28.1 Å². The summed E-state index contributed by atoms with van der Waals surface area (Å²) in [7, 11) is 1.71. The van der Waals surface area contributed by atoms with Gasteiger partial charge in [0, 0.05) is 37.8 Å². The van der Waals surface area contributed by atoms with E-state index in [-0.39, 0.29) is 11.3 Å². The van der Waals surface area contributed by atoms with E-state index in [1.165, 1.54) is 18.4 Å². The maximum atomic E-state index is 12.8. The van der Waals surface area contributed by atoms with Crippen molar-refractivity contribution in [2.45, 2.75) is 25.8 Å². The van der Waals surface area contributed by atoms with Gasteiger partial charge < -0.3 is 9.64 Å². The minimum absolute atomic E-state index is 0.0670. The molecule has 1 atom stereocenters. The maximum absolute atomic E-state index is 12.8. The lowest BCUT2D eigenvalue weighted by atomic mass is 9.79. The number of likely N-dealkylation sites (tertiary alicyclic amines) is 2. The third kappa shape index (κ3) is 3.98. The molecule has 0 radical (unpaired) electrons. The van der Waals surface area contributed by atoms with Crippen LogP contribution in [0.25, 0.3) is 0 Å². The highest BCUT2D eigenvalue weighted by Crippen LogP contribution is 2.39. The highest BCUT2D eigenvalue weighted by atomic mass is 16.5. The largest absolute Gasteiger partial charge is 0.497 e. The first kappa shape index (κ1) is 18.0. The number of hydrogen-bond donors (Lipinski definition) is 0. The van der Waals surface area contributed by atoms with E-state index in [4.69, 9.17) is 4.74 Å². The van der Waals surface area contributed by atoms with Crippen LogP contribution in [0.2, 0.25) is 0 Å². The summed E-state index contributed by atoms with van der Waals surface area (Å²) in [5.74, 6) is 0.976. The number of amides is 1. The molecular formula is C22H27N3O2. The van der Waals surface area contributed by atoms with Gasteiger partial charge in [0.05, 0.1) is 7.11 Å². The van der Waals surface area contributed by atoms with Crippen molar-refractivity contribution in [3.63, 3.8) is 0 Å². The van der Waals surface area contributed by atoms with Gasteiger partial charge >= 0.3 is 0 Å². The van der Waals surface area contributed by atoms with Gasteiger partial charge in [-0.2, -0.15) is 0 Å². The quantitative estimate of drug-likeness (QED) is 0.835. The molecule has 2 aliphatic heterocycles. The Hall–Kier alpha value is -2.40. The predicted molar refractivity (Wildman–Crippen MR) is 105 cm³/mol. The van der Waals surface area contributed by atoms with E-state index in [1.807, 2.05) is 29.2 Å². The molecule has 3 heterocycles. The number of carbonyl (C=O) groups excluding carboxylic acids is 1. The van der Waals surface area contributed by atoms with Gasteiger partial charge in [0.1, 0.15) is 11.4 Å². The van der Waals surface area contributed by atoms with E-state index in [0.717, 1.165) is 44.9 Å². The molecule has 2 saturated heterocycles. The van der Waals surface area contributed by atoms with Crippen molar-refractivity contribution in [3.05, 3.63) is 59.9 Å². The molecule has 5 heteroatoms. The van der Waals surface area contributed by atoms with Crippen LogP contribution < -0.4 is 4.74 Å². The van der Waals surface area contributed by atoms with Crippen molar-refractivity contribution in [2.75, 3.05) is 33.3 Å². The number of rotatable bonds is 4. The Kier molecular flexibility index (Phi) is 5.12. The molecule has 0 unspecified atom stereocenters. The summed E-state index contributed by atoms with van der Waals surface area (Å²) in [5.41, 5.74) is 2.06. The zero-order chi connectivity index (χ0) is 18.7. The molecule has 0 saturated carbocycles. The van der Waals surface area contributed by atoms with Crippen molar-refractivity contribution < 1.29 is 9.53 Å². The number of methoxy groups -OCH3 is 1.